The van der Waals surface area contributed by atoms with Crippen LogP contribution in [0.15, 0.2) is 24.4 Å². The van der Waals surface area contributed by atoms with Crippen LogP contribution >= 0.6 is 23.2 Å². The normalized spacial score (nSPS) is 16.0. The van der Waals surface area contributed by atoms with Gasteiger partial charge in [-0.15, -0.1) is 5.10 Å². The number of sulfonamides is 1. The van der Waals surface area contributed by atoms with Crippen molar-refractivity contribution in [2.24, 2.45) is 0 Å². The zero-order valence-electron chi connectivity index (χ0n) is 14.2. The van der Waals surface area contributed by atoms with Crippen LogP contribution in [0.5, 0.6) is 0 Å². The van der Waals surface area contributed by atoms with Crippen molar-refractivity contribution in [2.45, 2.75) is 0 Å². The van der Waals surface area contributed by atoms with Crippen LogP contribution in [-0.2, 0) is 14.8 Å². The molecule has 142 valence electrons. The Kier molecular flexibility index (Phi) is 6.03. The van der Waals surface area contributed by atoms with Crippen LogP contribution in [-0.4, -0.2) is 74.0 Å². The van der Waals surface area contributed by atoms with Crippen molar-refractivity contribution in [3.63, 3.8) is 0 Å². The summed E-state index contributed by atoms with van der Waals surface area (Å²) >= 11 is 11.9. The fourth-order valence-corrected chi connectivity index (χ4v) is 3.76. The maximum atomic E-state index is 12.2. The number of morpholine rings is 1. The molecule has 1 saturated heterocycles. The predicted octanol–water partition coefficient (Wildman–Crippen LogP) is 1.67. The predicted molar refractivity (Wildman–Crippen MR) is 101 cm³/mol. The number of hydrogen-bond donors (Lipinski definition) is 0. The first-order valence-electron chi connectivity index (χ1n) is 8.00. The summed E-state index contributed by atoms with van der Waals surface area (Å²) in [5.41, 5.74) is 0.639. The largest absolute Gasteiger partial charge is 0.379 e. The number of ether oxygens (including phenoxy) is 1. The molecular weight excluding hydrogens is 401 g/mol. The Hall–Kier alpha value is -1.39. The molecular formula is C15H19Cl2N5O3S. The summed E-state index contributed by atoms with van der Waals surface area (Å²) in [6.07, 6.45) is 2.71. The lowest BCUT2D eigenvalue weighted by molar-refractivity contribution is 0.0395. The van der Waals surface area contributed by atoms with Crippen LogP contribution in [0.2, 0.25) is 10.0 Å². The molecule has 0 bridgehead atoms. The number of anilines is 1. The third kappa shape index (κ3) is 4.66. The Balaban J connectivity index is 1.79. The van der Waals surface area contributed by atoms with Crippen molar-refractivity contribution in [1.29, 1.82) is 0 Å². The summed E-state index contributed by atoms with van der Waals surface area (Å²) in [5, 5.41) is 8.84. The van der Waals surface area contributed by atoms with Gasteiger partial charge in [-0.05, 0) is 18.2 Å². The van der Waals surface area contributed by atoms with Crippen molar-refractivity contribution in [3.8, 4) is 5.69 Å². The van der Waals surface area contributed by atoms with Gasteiger partial charge in [0, 0.05) is 26.2 Å². The van der Waals surface area contributed by atoms with E-state index in [1.54, 1.807) is 24.4 Å². The average Bonchev–Trinajstić information content (AvgIpc) is 3.07. The van der Waals surface area contributed by atoms with E-state index in [2.05, 4.69) is 15.2 Å². The molecule has 1 aliphatic heterocycles. The van der Waals surface area contributed by atoms with Gasteiger partial charge < -0.3 is 4.74 Å². The van der Waals surface area contributed by atoms with Crippen LogP contribution in [0.3, 0.4) is 0 Å². The van der Waals surface area contributed by atoms with E-state index >= 15 is 0 Å². The first-order chi connectivity index (χ1) is 12.3. The fraction of sp³-hybridized carbons (Fsp3) is 0.467. The minimum atomic E-state index is -3.49. The van der Waals surface area contributed by atoms with E-state index < -0.39 is 10.0 Å². The van der Waals surface area contributed by atoms with Gasteiger partial charge in [-0.25, -0.2) is 17.4 Å². The molecule has 0 spiro atoms. The molecule has 0 radical (unpaired) electrons. The van der Waals surface area contributed by atoms with Gasteiger partial charge in [0.2, 0.25) is 10.0 Å². The second kappa shape index (κ2) is 8.10. The second-order valence-electron chi connectivity index (χ2n) is 5.91. The third-order valence-corrected chi connectivity index (χ3v) is 5.94. The molecule has 1 aromatic heterocycles. The van der Waals surface area contributed by atoms with E-state index in [0.29, 0.717) is 42.0 Å². The molecule has 1 aromatic carbocycles. The van der Waals surface area contributed by atoms with E-state index in [0.717, 1.165) is 19.3 Å². The highest BCUT2D eigenvalue weighted by atomic mass is 35.5. The van der Waals surface area contributed by atoms with Crippen molar-refractivity contribution in [2.75, 3.05) is 50.0 Å². The Bertz CT molecular complexity index is 868. The monoisotopic (exact) mass is 419 g/mol. The van der Waals surface area contributed by atoms with Gasteiger partial charge in [0.05, 0.1) is 41.4 Å². The van der Waals surface area contributed by atoms with Gasteiger partial charge in [0.25, 0.3) is 0 Å². The maximum absolute atomic E-state index is 12.2. The standard InChI is InChI=1S/C15H19Cl2N5O3S/c1-26(23,24)22(5-4-20-6-8-25-9-7-20)15-11-21(19-18-15)12-2-3-13(16)14(17)10-12/h2-3,10-11H,4-9H2,1H3. The quantitative estimate of drug-likeness (QED) is 0.708. The molecule has 0 atom stereocenters. The van der Waals surface area contributed by atoms with Crippen molar-refractivity contribution < 1.29 is 13.2 Å². The molecule has 1 fully saturated rings. The Morgan fingerprint density at radius 1 is 1.23 bits per heavy atom. The van der Waals surface area contributed by atoms with Gasteiger partial charge in [-0.1, -0.05) is 28.4 Å². The maximum Gasteiger partial charge on any atom is 0.233 e. The molecule has 1 aliphatic rings. The zero-order chi connectivity index (χ0) is 18.7. The molecule has 26 heavy (non-hydrogen) atoms. The van der Waals surface area contributed by atoms with Gasteiger partial charge in [0.1, 0.15) is 0 Å². The minimum Gasteiger partial charge on any atom is -0.379 e. The highest BCUT2D eigenvalue weighted by Gasteiger charge is 2.22. The van der Waals surface area contributed by atoms with Crippen LogP contribution in [0, 0.1) is 0 Å². The Morgan fingerprint density at radius 2 is 1.96 bits per heavy atom. The van der Waals surface area contributed by atoms with E-state index in [9.17, 15) is 8.42 Å². The van der Waals surface area contributed by atoms with Crippen LogP contribution in [0.25, 0.3) is 5.69 Å². The van der Waals surface area contributed by atoms with Crippen LogP contribution < -0.4 is 4.31 Å². The lowest BCUT2D eigenvalue weighted by Gasteiger charge is -2.29. The van der Waals surface area contributed by atoms with Crippen LogP contribution in [0.4, 0.5) is 5.82 Å². The third-order valence-electron chi connectivity index (χ3n) is 4.03. The number of benzene rings is 1. The van der Waals surface area contributed by atoms with Gasteiger partial charge >= 0.3 is 0 Å². The van der Waals surface area contributed by atoms with Gasteiger partial charge in [0.15, 0.2) is 5.82 Å². The summed E-state index contributed by atoms with van der Waals surface area (Å²) in [4.78, 5) is 2.16. The molecule has 0 amide bonds. The molecule has 3 rings (SSSR count). The summed E-state index contributed by atoms with van der Waals surface area (Å²) < 4.78 is 32.5. The van der Waals surface area contributed by atoms with Gasteiger partial charge in [-0.3, -0.25) is 4.90 Å². The topological polar surface area (TPSA) is 80.6 Å². The molecule has 8 nitrogen and oxygen atoms in total. The van der Waals surface area contributed by atoms with Crippen molar-refractivity contribution in [3.05, 3.63) is 34.4 Å². The highest BCUT2D eigenvalue weighted by Crippen LogP contribution is 2.25. The summed E-state index contributed by atoms with van der Waals surface area (Å²) in [6, 6.07) is 5.01. The fourth-order valence-electron chi connectivity index (χ4n) is 2.63. The van der Waals surface area contributed by atoms with E-state index in [1.807, 2.05) is 0 Å². The zero-order valence-corrected chi connectivity index (χ0v) is 16.5. The SMILES string of the molecule is CS(=O)(=O)N(CCN1CCOCC1)c1cn(-c2ccc(Cl)c(Cl)c2)nn1. The number of hydrogen-bond acceptors (Lipinski definition) is 6. The lowest BCUT2D eigenvalue weighted by atomic mass is 10.3. The van der Waals surface area contributed by atoms with Crippen molar-refractivity contribution in [1.82, 2.24) is 19.9 Å². The first kappa shape index (κ1) is 19.4. The molecule has 2 aromatic rings. The van der Waals surface area contributed by atoms with Gasteiger partial charge in [-0.2, -0.15) is 0 Å². The summed E-state index contributed by atoms with van der Waals surface area (Å²) in [6.45, 7) is 3.77. The second-order valence-corrected chi connectivity index (χ2v) is 8.63. The van der Waals surface area contributed by atoms with Crippen molar-refractivity contribution >= 4 is 39.0 Å². The molecule has 11 heteroatoms. The van der Waals surface area contributed by atoms with E-state index in [1.165, 1.54) is 8.99 Å². The Labute approximate surface area is 162 Å². The smallest absolute Gasteiger partial charge is 0.233 e. The molecule has 0 N–H and O–H groups in total. The van der Waals surface area contributed by atoms with Crippen LogP contribution in [0.1, 0.15) is 0 Å². The minimum absolute atomic E-state index is 0.256. The Morgan fingerprint density at radius 3 is 2.62 bits per heavy atom. The number of nitrogens with zero attached hydrogens (tertiary/aromatic N) is 5. The highest BCUT2D eigenvalue weighted by molar-refractivity contribution is 7.92. The first-order valence-corrected chi connectivity index (χ1v) is 10.6. The number of halogens is 2. The molecule has 2 heterocycles. The van der Waals surface area contributed by atoms with E-state index in [-0.39, 0.29) is 5.82 Å². The number of aromatic nitrogens is 3. The molecule has 0 unspecified atom stereocenters. The number of rotatable bonds is 6. The average molecular weight is 420 g/mol. The summed E-state index contributed by atoms with van der Waals surface area (Å²) in [7, 11) is -3.49. The molecule has 0 saturated carbocycles. The molecule has 0 aliphatic carbocycles. The van der Waals surface area contributed by atoms with E-state index in [4.69, 9.17) is 27.9 Å². The lowest BCUT2D eigenvalue weighted by Crippen LogP contribution is -2.43. The summed E-state index contributed by atoms with van der Waals surface area (Å²) in [5.74, 6) is 0.256.